The van der Waals surface area contributed by atoms with Gasteiger partial charge < -0.3 is 60.7 Å². The molecule has 22 nitrogen and oxygen atoms in total. The van der Waals surface area contributed by atoms with Crippen LogP contribution in [0.1, 0.15) is 212 Å². The van der Waals surface area contributed by atoms with Gasteiger partial charge in [-0.2, -0.15) is 0 Å². The average molecular weight is 1990 g/mol. The molecule has 5 aromatic carbocycles. The molecule has 27 rings (SSSR count). The van der Waals surface area contributed by atoms with Crippen molar-refractivity contribution in [3.8, 4) is 71.0 Å². The maximum Gasteiger partial charge on any atom is 0.141 e. The first-order chi connectivity index (χ1) is 72.0. The maximum absolute atomic E-state index is 11.2. The number of hydrogen-bond donors (Lipinski definition) is 9. The van der Waals surface area contributed by atoms with Crippen LogP contribution < -0.4 is 15.1 Å². The lowest BCUT2D eigenvalue weighted by Crippen LogP contribution is -2.58. The number of morpholine rings is 1. The van der Waals surface area contributed by atoms with Crippen molar-refractivity contribution in [3.63, 3.8) is 0 Å². The van der Waals surface area contributed by atoms with Crippen LogP contribution in [0, 0.1) is 101 Å². The van der Waals surface area contributed by atoms with Crippen molar-refractivity contribution in [2.24, 2.45) is 29.6 Å². The number of nitrogens with one attached hydrogen (secondary N) is 1. The predicted molar refractivity (Wildman–Crippen MR) is 585 cm³/mol. The summed E-state index contributed by atoms with van der Waals surface area (Å²) < 4.78 is 5.49. The van der Waals surface area contributed by atoms with Gasteiger partial charge in [0.2, 0.25) is 0 Å². The first-order valence-electron chi connectivity index (χ1n) is 54.4. The summed E-state index contributed by atoms with van der Waals surface area (Å²) in [6, 6.07) is 62.4. The summed E-state index contributed by atoms with van der Waals surface area (Å²) in [5, 5.41) is 88.1. The number of pyridine rings is 5. The third-order valence-corrected chi connectivity index (χ3v) is 32.1. The Balaban J connectivity index is 0.000000121. The van der Waals surface area contributed by atoms with Gasteiger partial charge in [-0.15, -0.1) is 0 Å². The third kappa shape index (κ3) is 28.4. The lowest BCUT2D eigenvalue weighted by atomic mass is 9.75. The van der Waals surface area contributed by atoms with E-state index in [-0.39, 0.29) is 35.9 Å². The number of aromatic nitrogens is 5. The number of rotatable bonds is 19. The van der Waals surface area contributed by atoms with Crippen molar-refractivity contribution in [2.45, 2.75) is 202 Å². The van der Waals surface area contributed by atoms with Gasteiger partial charge in [-0.3, -0.25) is 29.5 Å². The van der Waals surface area contributed by atoms with Crippen molar-refractivity contribution in [1.82, 2.24) is 49.4 Å². The van der Waals surface area contributed by atoms with Gasteiger partial charge in [-0.25, -0.2) is 19.9 Å². The Kier molecular flexibility index (Phi) is 35.9. The molecule has 17 aliphatic heterocycles. The molecule has 0 radical (unpaired) electrons. The minimum absolute atomic E-state index is 0.201. The largest absolute Gasteiger partial charge is 0.393 e. The van der Waals surface area contributed by atoms with Crippen LogP contribution in [0.15, 0.2) is 213 Å². The van der Waals surface area contributed by atoms with Gasteiger partial charge in [-0.1, -0.05) is 230 Å². The predicted octanol–water partition coefficient (Wildman–Crippen LogP) is 13.5. The van der Waals surface area contributed by atoms with Crippen LogP contribution in [0.5, 0.6) is 0 Å². The number of piperidine rings is 16. The van der Waals surface area contributed by atoms with Crippen LogP contribution in [-0.2, 0) is 43.3 Å². The molecule has 7 atom stereocenters. The van der Waals surface area contributed by atoms with Crippen LogP contribution in [0.3, 0.4) is 0 Å². The fraction of sp³-hybridized carbons (Fsp3) is 0.468. The molecule has 22 heteroatoms. The molecule has 17 saturated heterocycles. The van der Waals surface area contributed by atoms with Crippen molar-refractivity contribution in [3.05, 3.63) is 308 Å². The van der Waals surface area contributed by atoms with E-state index in [1.807, 2.05) is 85.5 Å². The van der Waals surface area contributed by atoms with E-state index in [4.69, 9.17) is 14.7 Å². The lowest BCUT2D eigenvalue weighted by Gasteiger charge is -2.47. The summed E-state index contributed by atoms with van der Waals surface area (Å²) in [5.41, 5.74) is 13.2. The molecule has 770 valence electrons. The highest BCUT2D eigenvalue weighted by Crippen LogP contribution is 2.42. The normalized spacial score (nSPS) is 26.9. The number of anilines is 3. The van der Waals surface area contributed by atoms with E-state index in [1.54, 1.807) is 20.0 Å². The zero-order chi connectivity index (χ0) is 102. The molecule has 10 bridgehead atoms. The fourth-order valence-corrected chi connectivity index (χ4v) is 23.1. The zero-order valence-corrected chi connectivity index (χ0v) is 86.6. The summed E-state index contributed by atoms with van der Waals surface area (Å²) >= 11 is 0. The van der Waals surface area contributed by atoms with E-state index < -0.39 is 34.1 Å². The Hall–Kier alpha value is -12.0. The number of ether oxygens (including phenoxy) is 1. The number of nitrogens with zero attached hydrogens (tertiary/aromatic N) is 12. The Labute approximate surface area is 876 Å². The SMILES string of the molecule is CC(O)C#Cc1cc(Cc2ccccc2)c(C#CC2(O)CN3CCC2CC3)cn1.CC(O)CCc1cc(Cc2ccccc2)c(C#CC2(O)CN3CCC2CC3)cn1.CCCCNc1cc(Cc2ccccc2)c(C#CC2(O)CN3CCC2CC3)cn1.OC1(C#Cc2cnc(N3CCOCC3)cc2Cc2ccccc2)CN2CCC1CC2.OC1CCN(c2cc(Cc3ccccc3)c(C#CC3(O)CN4CCC3CC4)cn2)CC1. The second kappa shape index (κ2) is 50.1. The number of unbranched alkanes of at least 4 members (excludes halogenated alkanes) is 1. The van der Waals surface area contributed by atoms with Crippen LogP contribution in [0.4, 0.5) is 17.5 Å². The number of aliphatic hydroxyl groups is 8. The van der Waals surface area contributed by atoms with Gasteiger partial charge in [0.05, 0.1) is 25.4 Å². The highest BCUT2D eigenvalue weighted by Gasteiger charge is 2.49. The maximum atomic E-state index is 11.2. The summed E-state index contributed by atoms with van der Waals surface area (Å²) in [6.07, 6.45) is 27.4. The van der Waals surface area contributed by atoms with Gasteiger partial charge in [0.1, 0.15) is 57.3 Å². The van der Waals surface area contributed by atoms with E-state index >= 15 is 0 Å². The molecule has 0 saturated carbocycles. The Bertz CT molecular complexity index is 6480. The van der Waals surface area contributed by atoms with E-state index in [0.29, 0.717) is 57.2 Å². The first kappa shape index (κ1) is 106. The quantitative estimate of drug-likeness (QED) is 0.0269. The number of aryl methyl sites for hydroxylation is 1. The first-order valence-corrected chi connectivity index (χ1v) is 54.4. The molecule has 22 heterocycles. The van der Waals surface area contributed by atoms with Gasteiger partial charge >= 0.3 is 0 Å². The van der Waals surface area contributed by atoms with Crippen LogP contribution >= 0.6 is 0 Å². The van der Waals surface area contributed by atoms with E-state index in [1.165, 1.54) is 27.8 Å². The molecular weight excluding hydrogens is 1840 g/mol. The summed E-state index contributed by atoms with van der Waals surface area (Å²) in [7, 11) is 0. The highest BCUT2D eigenvalue weighted by atomic mass is 16.5. The monoisotopic (exact) mass is 1990 g/mol. The minimum atomic E-state index is -0.939. The van der Waals surface area contributed by atoms with Gasteiger partial charge in [0.15, 0.2) is 0 Å². The lowest BCUT2D eigenvalue weighted by molar-refractivity contribution is -0.0714. The number of aliphatic hydroxyl groups excluding tert-OH is 3. The fourth-order valence-electron chi connectivity index (χ4n) is 23.1. The minimum Gasteiger partial charge on any atom is -0.393 e. The molecule has 0 aliphatic carbocycles. The van der Waals surface area contributed by atoms with Crippen molar-refractivity contribution < 1.29 is 45.6 Å². The topological polar surface area (TPSA) is 270 Å². The van der Waals surface area contributed by atoms with E-state index in [0.717, 1.165) is 312 Å². The molecule has 17 fully saturated rings. The molecule has 148 heavy (non-hydrogen) atoms. The molecule has 0 amide bonds. The van der Waals surface area contributed by atoms with Crippen molar-refractivity contribution in [1.29, 1.82) is 0 Å². The van der Waals surface area contributed by atoms with Crippen LogP contribution in [-0.4, -0.2) is 281 Å². The van der Waals surface area contributed by atoms with Crippen LogP contribution in [0.2, 0.25) is 0 Å². The summed E-state index contributed by atoms with van der Waals surface area (Å²) in [5.74, 6) is 42.5. The zero-order valence-electron chi connectivity index (χ0n) is 86.6. The molecule has 0 spiro atoms. The number of fused-ring (bicyclic) bond motifs is 15. The van der Waals surface area contributed by atoms with Gasteiger partial charge in [-0.05, 0) is 300 Å². The molecule has 5 aromatic heterocycles. The van der Waals surface area contributed by atoms with Gasteiger partial charge in [0, 0.05) is 160 Å². The Morgan fingerprint density at radius 3 is 0.980 bits per heavy atom. The van der Waals surface area contributed by atoms with E-state index in [9.17, 15) is 40.9 Å². The summed E-state index contributed by atoms with van der Waals surface area (Å²) in [4.78, 5) is 39.1. The number of hydrogen-bond acceptors (Lipinski definition) is 22. The molecule has 10 aromatic rings. The third-order valence-electron chi connectivity index (χ3n) is 32.1. The molecular formula is C126H147N13O9. The van der Waals surface area contributed by atoms with Crippen LogP contribution in [0.25, 0.3) is 0 Å². The molecule has 17 aliphatic rings. The van der Waals surface area contributed by atoms with Crippen molar-refractivity contribution in [2.75, 3.05) is 159 Å². The number of benzene rings is 5. The second-order valence-corrected chi connectivity index (χ2v) is 43.1. The van der Waals surface area contributed by atoms with Gasteiger partial charge in [0.25, 0.3) is 0 Å². The smallest absolute Gasteiger partial charge is 0.141 e. The molecule has 7 unspecified atom stereocenters. The Morgan fingerprint density at radius 2 is 0.662 bits per heavy atom. The standard InChI is InChI=1S/C26H31N3O2.C25H29N3O2.C25H31N3O.C25H30N2O2.C25H26N2O2/c30-24-9-14-29(15-10-24)25-17-22(16-20-4-2-1-3-5-20)21(18-27-25)6-11-26(31)19-28-12-7-23(26)8-13-28;29-25(19-27-10-7-23(25)8-11-27)9-6-21-18-26-24(28-12-14-30-15-13-28)17-22(21)16-20-4-2-1-3-5-20;1-2-3-13-26-24-17-22(16-20-7-5-4-6-8-20)21(18-27-24)9-12-25(29)19-28-14-10-23(25)11-15-28;2*1-19(28)7-8-24-16-22(15-20-5-3-2-4-6-20)21(17-26-24)9-12-25(29)18-27-13-10-23(25)11-14-27/h1-5,17-18,23-24,30-31H,7-10,12-16,19H2;1-5,17-18,23,29H,7-8,10-16,19H2;4-8,17-18,23,29H,2-3,10-11,13-16,19H2,1H3,(H,26,27);2-6,16-17,19,23,28-29H,7-8,10-11,13-15,18H2,1H3;2-6,16-17,19,23,28-29H,10-11,13-15,18H2,1H3. The highest BCUT2D eigenvalue weighted by molar-refractivity contribution is 5.56. The van der Waals surface area contributed by atoms with E-state index in [2.05, 4.69) is 254 Å². The molecule has 9 N–H and O–H groups in total. The Morgan fingerprint density at radius 1 is 0.358 bits per heavy atom. The van der Waals surface area contributed by atoms with Crippen molar-refractivity contribution >= 4 is 17.5 Å². The average Bonchev–Trinajstić information content (AvgIpc) is 0.785. The summed E-state index contributed by atoms with van der Waals surface area (Å²) in [6.45, 7) is 25.4. The second-order valence-electron chi connectivity index (χ2n) is 43.1.